The average molecular weight is 314 g/mol. The summed E-state index contributed by atoms with van der Waals surface area (Å²) in [4.78, 5) is 12.2. The van der Waals surface area contributed by atoms with E-state index in [1.807, 2.05) is 12.1 Å². The van der Waals surface area contributed by atoms with Gasteiger partial charge in [-0.05, 0) is 36.4 Å². The smallest absolute Gasteiger partial charge is 0.255 e. The lowest BCUT2D eigenvalue weighted by Gasteiger charge is -2.06. The van der Waals surface area contributed by atoms with E-state index in [9.17, 15) is 4.79 Å². The monoisotopic (exact) mass is 313 g/mol. The normalized spacial score (nSPS) is 10.5. The lowest BCUT2D eigenvalue weighted by Crippen LogP contribution is -2.11. The lowest BCUT2D eigenvalue weighted by atomic mass is 10.1. The highest BCUT2D eigenvalue weighted by atomic mass is 35.5. The number of nitrogens with one attached hydrogen (secondary N) is 1. The largest absolute Gasteiger partial charge is 0.421 e. The van der Waals surface area contributed by atoms with Crippen LogP contribution in [0, 0.1) is 6.92 Å². The van der Waals surface area contributed by atoms with Crippen LogP contribution in [0.5, 0.6) is 0 Å². The lowest BCUT2D eigenvalue weighted by molar-refractivity contribution is 0.102. The van der Waals surface area contributed by atoms with E-state index in [2.05, 4.69) is 15.5 Å². The van der Waals surface area contributed by atoms with E-state index >= 15 is 0 Å². The minimum atomic E-state index is -0.235. The predicted molar refractivity (Wildman–Crippen MR) is 83.9 cm³/mol. The first-order valence-electron chi connectivity index (χ1n) is 6.59. The highest BCUT2D eigenvalue weighted by Crippen LogP contribution is 2.22. The molecule has 0 radical (unpaired) electrons. The molecule has 110 valence electrons. The van der Waals surface area contributed by atoms with Gasteiger partial charge in [0.1, 0.15) is 0 Å². The molecular formula is C16H12ClN3O2. The first kappa shape index (κ1) is 14.3. The molecular weight excluding hydrogens is 302 g/mol. The van der Waals surface area contributed by atoms with Gasteiger partial charge in [0, 0.05) is 28.8 Å². The third-order valence-electron chi connectivity index (χ3n) is 2.98. The number of carbonyl (C=O) groups is 1. The number of anilines is 1. The van der Waals surface area contributed by atoms with Crippen molar-refractivity contribution >= 4 is 23.2 Å². The molecule has 0 atom stereocenters. The Morgan fingerprint density at radius 3 is 2.68 bits per heavy atom. The van der Waals surface area contributed by atoms with Crippen molar-refractivity contribution in [3.63, 3.8) is 0 Å². The number of aryl methyl sites for hydroxylation is 1. The molecule has 0 aliphatic heterocycles. The van der Waals surface area contributed by atoms with Crippen molar-refractivity contribution in [2.45, 2.75) is 6.92 Å². The van der Waals surface area contributed by atoms with Gasteiger partial charge in [-0.1, -0.05) is 23.7 Å². The van der Waals surface area contributed by atoms with Crippen LogP contribution in [0.4, 0.5) is 5.69 Å². The number of benzene rings is 2. The predicted octanol–water partition coefficient (Wildman–Crippen LogP) is 3.95. The summed E-state index contributed by atoms with van der Waals surface area (Å²) in [5, 5.41) is 11.1. The van der Waals surface area contributed by atoms with Crippen LogP contribution < -0.4 is 5.32 Å². The van der Waals surface area contributed by atoms with Crippen LogP contribution >= 0.6 is 11.6 Å². The van der Waals surface area contributed by atoms with Gasteiger partial charge in [0.25, 0.3) is 5.91 Å². The average Bonchev–Trinajstić information content (AvgIpc) is 2.94. The molecule has 0 bridgehead atoms. The second kappa shape index (κ2) is 5.99. The van der Waals surface area contributed by atoms with Crippen LogP contribution in [0.25, 0.3) is 11.5 Å². The van der Waals surface area contributed by atoms with Crippen molar-refractivity contribution in [1.82, 2.24) is 10.2 Å². The van der Waals surface area contributed by atoms with Gasteiger partial charge >= 0.3 is 0 Å². The van der Waals surface area contributed by atoms with Crippen LogP contribution in [0.2, 0.25) is 5.02 Å². The Bertz CT molecular complexity index is 830. The summed E-state index contributed by atoms with van der Waals surface area (Å²) < 4.78 is 5.38. The van der Waals surface area contributed by atoms with E-state index in [1.165, 1.54) is 0 Å². The van der Waals surface area contributed by atoms with Crippen molar-refractivity contribution < 1.29 is 9.21 Å². The number of amides is 1. The summed E-state index contributed by atoms with van der Waals surface area (Å²) >= 11 is 5.89. The molecule has 1 amide bonds. The summed E-state index contributed by atoms with van der Waals surface area (Å²) in [6, 6.07) is 14.0. The molecule has 1 N–H and O–H groups in total. The van der Waals surface area contributed by atoms with Gasteiger partial charge in [0.05, 0.1) is 0 Å². The summed E-state index contributed by atoms with van der Waals surface area (Å²) in [5.41, 5.74) is 1.87. The number of rotatable bonds is 3. The highest BCUT2D eigenvalue weighted by molar-refractivity contribution is 6.31. The maximum atomic E-state index is 12.2. The molecule has 0 aliphatic carbocycles. The van der Waals surface area contributed by atoms with Crippen molar-refractivity contribution in [3.8, 4) is 11.5 Å². The van der Waals surface area contributed by atoms with Crippen molar-refractivity contribution in [1.29, 1.82) is 0 Å². The number of nitrogens with zero attached hydrogens (tertiary/aromatic N) is 2. The van der Waals surface area contributed by atoms with E-state index in [4.69, 9.17) is 16.0 Å². The van der Waals surface area contributed by atoms with E-state index < -0.39 is 0 Å². The highest BCUT2D eigenvalue weighted by Gasteiger charge is 2.09. The molecule has 5 nitrogen and oxygen atoms in total. The van der Waals surface area contributed by atoms with E-state index in [-0.39, 0.29) is 5.91 Å². The molecule has 0 spiro atoms. The SMILES string of the molecule is Cc1nnc(-c2cccc(NC(=O)c3cccc(Cl)c3)c2)o1. The molecule has 2 aromatic carbocycles. The fourth-order valence-electron chi connectivity index (χ4n) is 1.98. The molecule has 0 saturated heterocycles. The fourth-order valence-corrected chi connectivity index (χ4v) is 2.17. The second-order valence-corrected chi connectivity index (χ2v) is 5.11. The first-order chi connectivity index (χ1) is 10.6. The van der Waals surface area contributed by atoms with Crippen LogP contribution in [-0.2, 0) is 0 Å². The Balaban J connectivity index is 1.82. The maximum absolute atomic E-state index is 12.2. The van der Waals surface area contributed by atoms with Gasteiger partial charge in [0.15, 0.2) is 0 Å². The van der Waals surface area contributed by atoms with Crippen LogP contribution in [-0.4, -0.2) is 16.1 Å². The van der Waals surface area contributed by atoms with Crippen LogP contribution in [0.15, 0.2) is 52.9 Å². The standard InChI is InChI=1S/C16H12ClN3O2/c1-10-19-20-16(22-10)12-5-3-7-14(9-12)18-15(21)11-4-2-6-13(17)8-11/h2-9H,1H3,(H,18,21). The number of hydrogen-bond donors (Lipinski definition) is 1. The zero-order chi connectivity index (χ0) is 15.5. The number of halogens is 1. The fraction of sp³-hybridized carbons (Fsp3) is 0.0625. The summed E-state index contributed by atoms with van der Waals surface area (Å²) in [6.45, 7) is 1.72. The summed E-state index contributed by atoms with van der Waals surface area (Å²) in [6.07, 6.45) is 0. The number of carbonyl (C=O) groups excluding carboxylic acids is 1. The summed E-state index contributed by atoms with van der Waals surface area (Å²) in [7, 11) is 0. The zero-order valence-electron chi connectivity index (χ0n) is 11.7. The molecule has 3 aromatic rings. The van der Waals surface area contributed by atoms with Crippen molar-refractivity contribution in [2.24, 2.45) is 0 Å². The Morgan fingerprint density at radius 1 is 1.14 bits per heavy atom. The van der Waals surface area contributed by atoms with Crippen molar-refractivity contribution in [3.05, 3.63) is 65.0 Å². The molecule has 0 fully saturated rings. The second-order valence-electron chi connectivity index (χ2n) is 4.67. The Morgan fingerprint density at radius 2 is 1.95 bits per heavy atom. The Kier molecular flexibility index (Phi) is 3.89. The minimum Gasteiger partial charge on any atom is -0.421 e. The Labute approximate surface area is 131 Å². The van der Waals surface area contributed by atoms with Gasteiger partial charge in [-0.25, -0.2) is 0 Å². The molecule has 22 heavy (non-hydrogen) atoms. The molecule has 0 saturated carbocycles. The van der Waals surface area contributed by atoms with Crippen molar-refractivity contribution in [2.75, 3.05) is 5.32 Å². The maximum Gasteiger partial charge on any atom is 0.255 e. The number of aromatic nitrogens is 2. The molecule has 1 heterocycles. The topological polar surface area (TPSA) is 68.0 Å². The van der Waals surface area contributed by atoms with Gasteiger partial charge in [-0.2, -0.15) is 0 Å². The third kappa shape index (κ3) is 3.15. The van der Waals surface area contributed by atoms with E-state index in [0.29, 0.717) is 28.1 Å². The Hall–Kier alpha value is -2.66. The van der Waals surface area contributed by atoms with Crippen LogP contribution in [0.3, 0.4) is 0 Å². The molecule has 0 aliphatic rings. The minimum absolute atomic E-state index is 0.235. The van der Waals surface area contributed by atoms with E-state index in [1.54, 1.807) is 43.3 Å². The van der Waals surface area contributed by atoms with Crippen LogP contribution in [0.1, 0.15) is 16.2 Å². The van der Waals surface area contributed by atoms with Gasteiger partial charge in [-0.3, -0.25) is 4.79 Å². The van der Waals surface area contributed by atoms with Gasteiger partial charge < -0.3 is 9.73 Å². The molecule has 1 aromatic heterocycles. The van der Waals surface area contributed by atoms with Gasteiger partial charge in [-0.15, -0.1) is 10.2 Å². The molecule has 3 rings (SSSR count). The molecule has 6 heteroatoms. The molecule has 0 unspecified atom stereocenters. The first-order valence-corrected chi connectivity index (χ1v) is 6.97. The van der Waals surface area contributed by atoms with E-state index in [0.717, 1.165) is 5.56 Å². The zero-order valence-corrected chi connectivity index (χ0v) is 12.5. The van der Waals surface area contributed by atoms with Gasteiger partial charge in [0.2, 0.25) is 11.8 Å². The number of hydrogen-bond acceptors (Lipinski definition) is 4. The third-order valence-corrected chi connectivity index (χ3v) is 3.22. The quantitative estimate of drug-likeness (QED) is 0.795. The summed E-state index contributed by atoms with van der Waals surface area (Å²) in [5.74, 6) is 0.668.